The van der Waals surface area contributed by atoms with Crippen molar-refractivity contribution in [3.63, 3.8) is 0 Å². The molecule has 2 heteroatoms. The van der Waals surface area contributed by atoms with E-state index < -0.39 is 0 Å². The van der Waals surface area contributed by atoms with E-state index in [1.807, 2.05) is 0 Å². The van der Waals surface area contributed by atoms with Gasteiger partial charge < -0.3 is 4.74 Å². The number of hydrogen-bond donors (Lipinski definition) is 0. The lowest BCUT2D eigenvalue weighted by Crippen LogP contribution is -2.18. The zero-order chi connectivity index (χ0) is 23.4. The summed E-state index contributed by atoms with van der Waals surface area (Å²) in [6.07, 6.45) is 36.7. The molecule has 0 unspecified atom stereocenters. The van der Waals surface area contributed by atoms with E-state index in [-0.39, 0.29) is 9.52 Å². The van der Waals surface area contributed by atoms with Gasteiger partial charge in [-0.25, -0.2) is 0 Å². The van der Waals surface area contributed by atoms with E-state index in [1.54, 1.807) is 12.8 Å². The number of allylic oxidation sites excluding steroid dienone is 2. The predicted molar refractivity (Wildman–Crippen MR) is 151 cm³/mol. The Morgan fingerprint density at radius 3 is 1.67 bits per heavy atom. The molecule has 1 nitrogen and oxygen atoms in total. The molecule has 0 aromatic rings. The second-order valence-corrected chi connectivity index (χ2v) is 13.9. The summed E-state index contributed by atoms with van der Waals surface area (Å²) in [6.45, 7) is 5.48. The molecule has 194 valence electrons. The summed E-state index contributed by atoms with van der Waals surface area (Å²) < 4.78 is 5.76. The second kappa shape index (κ2) is 20.1. The van der Waals surface area contributed by atoms with Crippen molar-refractivity contribution in [1.29, 1.82) is 0 Å². The zero-order valence-electron chi connectivity index (χ0n) is 22.8. The quantitative estimate of drug-likeness (QED) is 0.102. The lowest BCUT2D eigenvalue weighted by atomic mass is 9.77. The molecule has 2 fully saturated rings. The number of ether oxygens (including phenoxy) is 1. The Bertz CT molecular complexity index is 446. The van der Waals surface area contributed by atoms with Crippen LogP contribution in [-0.2, 0) is 4.74 Å². The SMILES string of the molecule is CCCC/C=C/CCCCC[C@H]1CC[C@H](CCCCC2CCC([SiH2]COCCC)CC2)CC1. The van der Waals surface area contributed by atoms with Gasteiger partial charge in [0.2, 0.25) is 0 Å². The van der Waals surface area contributed by atoms with Crippen LogP contribution in [0, 0.1) is 17.8 Å². The Morgan fingerprint density at radius 2 is 1.12 bits per heavy atom. The third-order valence-electron chi connectivity index (χ3n) is 8.80. The second-order valence-electron chi connectivity index (χ2n) is 11.7. The highest BCUT2D eigenvalue weighted by Crippen LogP contribution is 2.37. The molecule has 33 heavy (non-hydrogen) atoms. The molecule has 0 bridgehead atoms. The van der Waals surface area contributed by atoms with Crippen LogP contribution in [0.15, 0.2) is 12.2 Å². The van der Waals surface area contributed by atoms with Crippen molar-refractivity contribution in [2.45, 2.75) is 154 Å². The van der Waals surface area contributed by atoms with Crippen LogP contribution in [0.4, 0.5) is 0 Å². The lowest BCUT2D eigenvalue weighted by molar-refractivity contribution is 0.175. The molecule has 0 atom stereocenters. The largest absolute Gasteiger partial charge is 0.385 e. The van der Waals surface area contributed by atoms with E-state index >= 15 is 0 Å². The van der Waals surface area contributed by atoms with Crippen LogP contribution in [-0.4, -0.2) is 22.4 Å². The Labute approximate surface area is 211 Å². The van der Waals surface area contributed by atoms with E-state index in [9.17, 15) is 0 Å². The number of hydrogen-bond acceptors (Lipinski definition) is 1. The first kappa shape index (κ1) is 29.1. The van der Waals surface area contributed by atoms with Crippen molar-refractivity contribution < 1.29 is 4.74 Å². The van der Waals surface area contributed by atoms with Gasteiger partial charge >= 0.3 is 0 Å². The summed E-state index contributed by atoms with van der Waals surface area (Å²) in [5.74, 6) is 3.20. The maximum Gasteiger partial charge on any atom is 0.0547 e. The van der Waals surface area contributed by atoms with Gasteiger partial charge in [-0.05, 0) is 49.0 Å². The van der Waals surface area contributed by atoms with Gasteiger partial charge in [0.05, 0.1) is 9.52 Å². The molecule has 0 radical (unpaired) electrons. The first-order chi connectivity index (χ1) is 16.3. The van der Waals surface area contributed by atoms with Gasteiger partial charge in [-0.1, -0.05) is 135 Å². The first-order valence-electron chi connectivity index (χ1n) is 15.5. The van der Waals surface area contributed by atoms with Gasteiger partial charge in [0.25, 0.3) is 0 Å². The fourth-order valence-electron chi connectivity index (χ4n) is 6.41. The molecule has 2 aliphatic rings. The van der Waals surface area contributed by atoms with Crippen LogP contribution in [0.1, 0.15) is 149 Å². The molecule has 0 heterocycles. The monoisotopic (exact) mass is 476 g/mol. The van der Waals surface area contributed by atoms with E-state index in [0.29, 0.717) is 0 Å². The van der Waals surface area contributed by atoms with Crippen LogP contribution in [0.3, 0.4) is 0 Å². The zero-order valence-corrected chi connectivity index (χ0v) is 24.3. The smallest absolute Gasteiger partial charge is 0.0547 e. The Kier molecular flexibility index (Phi) is 17.8. The van der Waals surface area contributed by atoms with Crippen molar-refractivity contribution in [2.75, 3.05) is 12.8 Å². The Morgan fingerprint density at radius 1 is 0.606 bits per heavy atom. The summed E-state index contributed by atoms with van der Waals surface area (Å²) >= 11 is 0. The normalized spacial score (nSPS) is 26.6. The highest BCUT2D eigenvalue weighted by molar-refractivity contribution is 6.37. The molecule has 0 spiro atoms. The third-order valence-corrected chi connectivity index (χ3v) is 11.0. The molecule has 0 aliphatic heterocycles. The molecule has 2 aliphatic carbocycles. The van der Waals surface area contributed by atoms with Crippen LogP contribution in [0.25, 0.3) is 0 Å². The van der Waals surface area contributed by atoms with Crippen molar-refractivity contribution in [3.05, 3.63) is 12.2 Å². The van der Waals surface area contributed by atoms with E-state index in [2.05, 4.69) is 26.0 Å². The fourth-order valence-corrected chi connectivity index (χ4v) is 8.16. The van der Waals surface area contributed by atoms with Gasteiger partial charge in [-0.15, -0.1) is 0 Å². The first-order valence-corrected chi connectivity index (χ1v) is 17.4. The standard InChI is InChI=1S/C31H60OSi/c1-3-5-6-7-8-9-10-11-12-15-28-18-20-29(21-19-28)16-13-14-17-30-22-24-31(25-23-30)33-27-32-26-4-2/h7-8,28-31H,3-6,9-27,33H2,1-2H3/b8-7+/t28-,29-,30?,31?. The molecule has 2 saturated carbocycles. The maximum absolute atomic E-state index is 5.76. The average molecular weight is 477 g/mol. The highest BCUT2D eigenvalue weighted by Gasteiger charge is 2.22. The van der Waals surface area contributed by atoms with Crippen molar-refractivity contribution in [2.24, 2.45) is 17.8 Å². The summed E-state index contributed by atoms with van der Waals surface area (Å²) in [7, 11) is 0.0423. The van der Waals surface area contributed by atoms with Gasteiger partial charge in [0.15, 0.2) is 0 Å². The van der Waals surface area contributed by atoms with Crippen molar-refractivity contribution in [1.82, 2.24) is 0 Å². The molecular weight excluding hydrogens is 416 g/mol. The molecule has 0 amide bonds. The molecule has 0 saturated heterocycles. The van der Waals surface area contributed by atoms with Gasteiger partial charge in [0.1, 0.15) is 0 Å². The van der Waals surface area contributed by atoms with Crippen LogP contribution in [0.5, 0.6) is 0 Å². The van der Waals surface area contributed by atoms with Gasteiger partial charge in [0, 0.05) is 12.8 Å². The number of rotatable bonds is 19. The molecule has 2 rings (SSSR count). The minimum absolute atomic E-state index is 0.0423. The summed E-state index contributed by atoms with van der Waals surface area (Å²) in [4.78, 5) is 0. The molecule has 0 aromatic carbocycles. The van der Waals surface area contributed by atoms with Gasteiger partial charge in [-0.2, -0.15) is 0 Å². The lowest BCUT2D eigenvalue weighted by Gasteiger charge is -2.30. The topological polar surface area (TPSA) is 9.23 Å². The predicted octanol–water partition coefficient (Wildman–Crippen LogP) is 9.58. The Balaban J connectivity index is 1.37. The molecular formula is C31H60OSi. The maximum atomic E-state index is 5.76. The number of unbranched alkanes of at least 4 members (excludes halogenated alkanes) is 6. The van der Waals surface area contributed by atoms with E-state index in [1.165, 1.54) is 122 Å². The van der Waals surface area contributed by atoms with Crippen molar-refractivity contribution in [3.8, 4) is 0 Å². The molecule has 0 aromatic heterocycles. The fraction of sp³-hybridized carbons (Fsp3) is 0.935. The Hall–Kier alpha value is -0.0831. The van der Waals surface area contributed by atoms with E-state index in [0.717, 1.165) is 36.1 Å². The highest BCUT2D eigenvalue weighted by atomic mass is 28.2. The van der Waals surface area contributed by atoms with Crippen molar-refractivity contribution >= 4 is 9.52 Å². The van der Waals surface area contributed by atoms with Gasteiger partial charge in [-0.3, -0.25) is 0 Å². The summed E-state index contributed by atoms with van der Waals surface area (Å²) in [5.41, 5.74) is 1.10. The van der Waals surface area contributed by atoms with Crippen LogP contribution < -0.4 is 0 Å². The van der Waals surface area contributed by atoms with E-state index in [4.69, 9.17) is 4.74 Å². The molecule has 0 N–H and O–H groups in total. The summed E-state index contributed by atoms with van der Waals surface area (Å²) in [6, 6.07) is 0. The minimum Gasteiger partial charge on any atom is -0.385 e. The summed E-state index contributed by atoms with van der Waals surface area (Å²) in [5, 5.41) is 0. The van der Waals surface area contributed by atoms with Crippen LogP contribution in [0.2, 0.25) is 5.54 Å². The van der Waals surface area contributed by atoms with Crippen LogP contribution >= 0.6 is 0 Å². The third kappa shape index (κ3) is 14.8. The average Bonchev–Trinajstić information content (AvgIpc) is 2.85. The minimum atomic E-state index is 0.0423.